The zero-order chi connectivity index (χ0) is 20.4. The Morgan fingerprint density at radius 1 is 1.24 bits per heavy atom. The van der Waals surface area contributed by atoms with E-state index in [2.05, 4.69) is 71.6 Å². The van der Waals surface area contributed by atoms with Crippen LogP contribution in [-0.2, 0) is 6.42 Å². The average molecular weight is 387 g/mol. The molecule has 0 saturated carbocycles. The summed E-state index contributed by atoms with van der Waals surface area (Å²) in [5, 5.41) is 12.7. The van der Waals surface area contributed by atoms with Gasteiger partial charge in [-0.05, 0) is 54.3 Å². The summed E-state index contributed by atoms with van der Waals surface area (Å²) in [7, 11) is 2.12. The first kappa shape index (κ1) is 19.2. The second kappa shape index (κ2) is 8.05. The van der Waals surface area contributed by atoms with Gasteiger partial charge in [-0.15, -0.1) is 0 Å². The van der Waals surface area contributed by atoms with Gasteiger partial charge in [-0.3, -0.25) is 9.88 Å². The number of hydrogen-bond donors (Lipinski definition) is 2. The topological polar surface area (TPSA) is 65.5 Å². The molecule has 0 spiro atoms. The van der Waals surface area contributed by atoms with Crippen LogP contribution in [0.4, 0.5) is 5.69 Å². The first-order valence-electron chi connectivity index (χ1n) is 9.85. The number of aromatic carboxylic acids is 1. The Bertz CT molecular complexity index is 1050. The highest BCUT2D eigenvalue weighted by Gasteiger charge is 2.25. The van der Waals surface area contributed by atoms with Crippen molar-refractivity contribution in [3.63, 3.8) is 0 Å². The maximum atomic E-state index is 11.5. The number of aryl methyl sites for hydroxylation is 1. The fraction of sp³-hybridized carbons (Fsp3) is 0.250. The SMILES string of the molecule is Cc1ccccc1-c1ccc2c(c1)CCN(C)C2CNc1cnccc1C(=O)O. The van der Waals surface area contributed by atoms with Gasteiger partial charge in [0.2, 0.25) is 0 Å². The minimum atomic E-state index is -0.949. The van der Waals surface area contributed by atoms with Gasteiger partial charge in [-0.25, -0.2) is 4.79 Å². The molecule has 1 aliphatic rings. The molecule has 0 saturated heterocycles. The van der Waals surface area contributed by atoms with Crippen molar-refractivity contribution in [1.82, 2.24) is 9.88 Å². The van der Waals surface area contributed by atoms with Gasteiger partial charge < -0.3 is 10.4 Å². The number of anilines is 1. The third kappa shape index (κ3) is 3.87. The minimum Gasteiger partial charge on any atom is -0.478 e. The molecule has 1 atom stereocenters. The summed E-state index contributed by atoms with van der Waals surface area (Å²) in [6.45, 7) is 3.73. The molecule has 1 unspecified atom stereocenters. The molecule has 5 nitrogen and oxygen atoms in total. The lowest BCUT2D eigenvalue weighted by atomic mass is 9.89. The number of likely N-dealkylation sites (N-methyl/N-ethyl adjacent to an activating group) is 1. The lowest BCUT2D eigenvalue weighted by Gasteiger charge is -2.35. The summed E-state index contributed by atoms with van der Waals surface area (Å²) >= 11 is 0. The number of nitrogens with one attached hydrogen (secondary N) is 1. The normalized spacial score (nSPS) is 16.3. The molecule has 1 aromatic heterocycles. The van der Waals surface area contributed by atoms with E-state index in [9.17, 15) is 9.90 Å². The molecule has 1 aliphatic heterocycles. The highest BCUT2D eigenvalue weighted by molar-refractivity contribution is 5.93. The van der Waals surface area contributed by atoms with E-state index >= 15 is 0 Å². The standard InChI is InChI=1S/C24H25N3O2/c1-16-5-3-4-6-19(16)17-7-8-20-18(13-17)10-12-27(2)23(20)15-26-22-14-25-11-9-21(22)24(28)29/h3-9,11,13-14,23,26H,10,12,15H2,1-2H3,(H,28,29). The van der Waals surface area contributed by atoms with Crippen LogP contribution in [0.25, 0.3) is 11.1 Å². The number of fused-ring (bicyclic) bond motifs is 1. The number of pyridine rings is 1. The third-order valence-corrected chi connectivity index (χ3v) is 5.76. The quantitative estimate of drug-likeness (QED) is 0.679. The predicted octanol–water partition coefficient (Wildman–Crippen LogP) is 4.40. The number of carbonyl (C=O) groups is 1. The highest BCUT2D eigenvalue weighted by Crippen LogP contribution is 2.33. The highest BCUT2D eigenvalue weighted by atomic mass is 16.4. The minimum absolute atomic E-state index is 0.173. The van der Waals surface area contributed by atoms with Crippen LogP contribution in [0.1, 0.15) is 33.1 Å². The Morgan fingerprint density at radius 3 is 2.86 bits per heavy atom. The van der Waals surface area contributed by atoms with E-state index in [1.165, 1.54) is 40.1 Å². The van der Waals surface area contributed by atoms with Gasteiger partial charge in [0.05, 0.1) is 23.5 Å². The smallest absolute Gasteiger partial charge is 0.337 e. The molecule has 0 amide bonds. The molecule has 0 aliphatic carbocycles. The van der Waals surface area contributed by atoms with Crippen molar-refractivity contribution in [1.29, 1.82) is 0 Å². The summed E-state index contributed by atoms with van der Waals surface area (Å²) < 4.78 is 0. The van der Waals surface area contributed by atoms with E-state index in [-0.39, 0.29) is 11.6 Å². The van der Waals surface area contributed by atoms with Crippen molar-refractivity contribution in [2.24, 2.45) is 0 Å². The molecule has 3 aromatic rings. The van der Waals surface area contributed by atoms with Gasteiger partial charge in [-0.1, -0.05) is 42.5 Å². The Balaban J connectivity index is 1.61. The van der Waals surface area contributed by atoms with E-state index in [4.69, 9.17) is 0 Å². The molecular formula is C24H25N3O2. The zero-order valence-electron chi connectivity index (χ0n) is 16.7. The van der Waals surface area contributed by atoms with Crippen molar-refractivity contribution in [2.45, 2.75) is 19.4 Å². The Kier molecular flexibility index (Phi) is 5.32. The third-order valence-electron chi connectivity index (χ3n) is 5.76. The molecular weight excluding hydrogens is 362 g/mol. The van der Waals surface area contributed by atoms with Crippen molar-refractivity contribution < 1.29 is 9.90 Å². The molecule has 0 fully saturated rings. The van der Waals surface area contributed by atoms with E-state index in [1.807, 2.05) is 0 Å². The first-order chi connectivity index (χ1) is 14.0. The summed E-state index contributed by atoms with van der Waals surface area (Å²) in [4.78, 5) is 17.8. The van der Waals surface area contributed by atoms with Gasteiger partial charge in [0, 0.05) is 19.3 Å². The number of rotatable bonds is 5. The van der Waals surface area contributed by atoms with Gasteiger partial charge in [0.25, 0.3) is 0 Å². The van der Waals surface area contributed by atoms with E-state index in [0.717, 1.165) is 13.0 Å². The molecule has 4 rings (SSSR count). The van der Waals surface area contributed by atoms with Gasteiger partial charge in [-0.2, -0.15) is 0 Å². The summed E-state index contributed by atoms with van der Waals surface area (Å²) in [6, 6.07) is 16.9. The Hall–Kier alpha value is -3.18. The largest absolute Gasteiger partial charge is 0.478 e. The van der Waals surface area contributed by atoms with Gasteiger partial charge >= 0.3 is 5.97 Å². The average Bonchev–Trinajstić information content (AvgIpc) is 2.73. The van der Waals surface area contributed by atoms with Crippen LogP contribution in [-0.4, -0.2) is 41.1 Å². The number of carboxylic acid groups (broad SMARTS) is 1. The molecule has 29 heavy (non-hydrogen) atoms. The van der Waals surface area contributed by atoms with Crippen LogP contribution < -0.4 is 5.32 Å². The molecule has 0 bridgehead atoms. The van der Waals surface area contributed by atoms with Gasteiger partial charge in [0.1, 0.15) is 0 Å². The summed E-state index contributed by atoms with van der Waals surface area (Å²) in [5.74, 6) is -0.949. The monoisotopic (exact) mass is 387 g/mol. The maximum Gasteiger partial charge on any atom is 0.337 e. The van der Waals surface area contributed by atoms with Crippen LogP contribution >= 0.6 is 0 Å². The molecule has 0 radical (unpaired) electrons. The number of hydrogen-bond acceptors (Lipinski definition) is 4. The van der Waals surface area contributed by atoms with Crippen LogP contribution in [0.3, 0.4) is 0 Å². The predicted molar refractivity (Wildman–Crippen MR) is 115 cm³/mol. The first-order valence-corrected chi connectivity index (χ1v) is 9.85. The number of aromatic nitrogens is 1. The fourth-order valence-corrected chi connectivity index (χ4v) is 4.10. The van der Waals surface area contributed by atoms with Crippen LogP contribution in [0.5, 0.6) is 0 Å². The fourth-order valence-electron chi connectivity index (χ4n) is 4.10. The number of nitrogens with zero attached hydrogens (tertiary/aromatic N) is 2. The van der Waals surface area contributed by atoms with Crippen molar-refractivity contribution >= 4 is 11.7 Å². The van der Waals surface area contributed by atoms with Crippen LogP contribution in [0, 0.1) is 6.92 Å². The second-order valence-corrected chi connectivity index (χ2v) is 7.58. The maximum absolute atomic E-state index is 11.5. The lowest BCUT2D eigenvalue weighted by Crippen LogP contribution is -2.36. The van der Waals surface area contributed by atoms with Crippen molar-refractivity contribution in [2.75, 3.05) is 25.5 Å². The van der Waals surface area contributed by atoms with E-state index < -0.39 is 5.97 Å². The molecule has 148 valence electrons. The van der Waals surface area contributed by atoms with E-state index in [1.54, 1.807) is 6.20 Å². The molecule has 2 N–H and O–H groups in total. The Labute approximate surface area is 171 Å². The van der Waals surface area contributed by atoms with Crippen molar-refractivity contribution in [3.05, 3.63) is 83.2 Å². The van der Waals surface area contributed by atoms with Crippen LogP contribution in [0.2, 0.25) is 0 Å². The second-order valence-electron chi connectivity index (χ2n) is 7.58. The summed E-state index contributed by atoms with van der Waals surface area (Å²) in [6.07, 6.45) is 4.09. The molecule has 5 heteroatoms. The van der Waals surface area contributed by atoms with E-state index in [0.29, 0.717) is 12.2 Å². The van der Waals surface area contributed by atoms with Crippen LogP contribution in [0.15, 0.2) is 60.9 Å². The Morgan fingerprint density at radius 2 is 2.07 bits per heavy atom. The number of benzene rings is 2. The number of carboxylic acids is 1. The molecule has 2 aromatic carbocycles. The van der Waals surface area contributed by atoms with Crippen molar-refractivity contribution in [3.8, 4) is 11.1 Å². The van der Waals surface area contributed by atoms with Gasteiger partial charge in [0.15, 0.2) is 0 Å². The lowest BCUT2D eigenvalue weighted by molar-refractivity contribution is 0.0697. The zero-order valence-corrected chi connectivity index (χ0v) is 16.7. The summed E-state index contributed by atoms with van der Waals surface area (Å²) in [5.41, 5.74) is 7.25. The molecule has 2 heterocycles.